The van der Waals surface area contributed by atoms with E-state index in [4.69, 9.17) is 14.9 Å². The van der Waals surface area contributed by atoms with E-state index >= 15 is 0 Å². The van der Waals surface area contributed by atoms with Crippen LogP contribution in [0.25, 0.3) is 0 Å². The molecule has 0 bridgehead atoms. The van der Waals surface area contributed by atoms with E-state index in [1.807, 2.05) is 18.2 Å². The van der Waals surface area contributed by atoms with E-state index in [0.717, 1.165) is 0 Å². The maximum Gasteiger partial charge on any atom is 0.152 e. The van der Waals surface area contributed by atoms with Crippen molar-refractivity contribution in [3.63, 3.8) is 0 Å². The molecule has 13 heavy (non-hydrogen) atoms. The highest BCUT2D eigenvalue weighted by molar-refractivity contribution is 5.21. The van der Waals surface area contributed by atoms with E-state index in [0.29, 0.717) is 5.75 Å². The molecule has 0 radical (unpaired) electrons. The fourth-order valence-corrected chi connectivity index (χ4v) is 0.888. The highest BCUT2D eigenvalue weighted by Crippen LogP contribution is 2.16. The van der Waals surface area contributed by atoms with Crippen LogP contribution in [0.2, 0.25) is 0 Å². The van der Waals surface area contributed by atoms with Crippen molar-refractivity contribution in [3.05, 3.63) is 30.3 Å². The van der Waals surface area contributed by atoms with Crippen molar-refractivity contribution in [3.8, 4) is 5.75 Å². The first-order valence-corrected chi connectivity index (χ1v) is 4.16. The van der Waals surface area contributed by atoms with E-state index in [1.54, 1.807) is 19.1 Å². The average Bonchev–Trinajstić information content (AvgIpc) is 2.19. The van der Waals surface area contributed by atoms with Gasteiger partial charge in [0.1, 0.15) is 5.75 Å². The van der Waals surface area contributed by atoms with Gasteiger partial charge in [-0.15, -0.1) is 0 Å². The first-order chi connectivity index (χ1) is 6.20. The van der Waals surface area contributed by atoms with Crippen molar-refractivity contribution < 1.29 is 14.9 Å². The lowest BCUT2D eigenvalue weighted by Crippen LogP contribution is -2.40. The van der Waals surface area contributed by atoms with Gasteiger partial charge < -0.3 is 14.9 Å². The minimum Gasteiger partial charge on any atom is -0.483 e. The number of aliphatic hydroxyl groups is 2. The lowest BCUT2D eigenvalue weighted by atomic mass is 10.1. The van der Waals surface area contributed by atoms with Gasteiger partial charge in [0.2, 0.25) is 0 Å². The minimum atomic E-state index is -0.901. The van der Waals surface area contributed by atoms with E-state index in [2.05, 4.69) is 0 Å². The summed E-state index contributed by atoms with van der Waals surface area (Å²) in [5.41, 5.74) is -0.901. The zero-order valence-electron chi connectivity index (χ0n) is 7.60. The molecule has 72 valence electrons. The highest BCUT2D eigenvalue weighted by atomic mass is 16.5. The van der Waals surface area contributed by atoms with Crippen LogP contribution < -0.4 is 4.74 Å². The molecular formula is C10H14O3. The van der Waals surface area contributed by atoms with E-state index < -0.39 is 5.60 Å². The monoisotopic (exact) mass is 182 g/mol. The van der Waals surface area contributed by atoms with Gasteiger partial charge in [-0.25, -0.2) is 0 Å². The Morgan fingerprint density at radius 1 is 1.15 bits per heavy atom. The molecule has 2 N–H and O–H groups in total. The largest absolute Gasteiger partial charge is 0.483 e. The molecule has 0 amide bonds. The number of rotatable bonds is 4. The van der Waals surface area contributed by atoms with Crippen molar-refractivity contribution in [2.75, 3.05) is 13.2 Å². The van der Waals surface area contributed by atoms with E-state index in [1.165, 1.54) is 0 Å². The van der Waals surface area contributed by atoms with Gasteiger partial charge in [-0.1, -0.05) is 18.2 Å². The molecule has 0 aliphatic heterocycles. The molecule has 0 saturated heterocycles. The number of ether oxygens (including phenoxy) is 1. The summed E-state index contributed by atoms with van der Waals surface area (Å²) >= 11 is 0. The van der Waals surface area contributed by atoms with Gasteiger partial charge in [-0.05, 0) is 19.1 Å². The van der Waals surface area contributed by atoms with Crippen LogP contribution in [0, 0.1) is 0 Å². The second-order valence-electron chi connectivity index (χ2n) is 3.18. The third-order valence-corrected chi connectivity index (χ3v) is 1.78. The summed E-state index contributed by atoms with van der Waals surface area (Å²) in [6.07, 6.45) is 0. The Morgan fingerprint density at radius 2 is 1.69 bits per heavy atom. The molecule has 0 unspecified atom stereocenters. The molecule has 1 aromatic rings. The first kappa shape index (κ1) is 10.0. The Balaban J connectivity index is 2.68. The predicted molar refractivity (Wildman–Crippen MR) is 49.6 cm³/mol. The number of hydrogen-bond acceptors (Lipinski definition) is 3. The van der Waals surface area contributed by atoms with Crippen LogP contribution >= 0.6 is 0 Å². The van der Waals surface area contributed by atoms with Gasteiger partial charge in [-0.2, -0.15) is 0 Å². The Morgan fingerprint density at radius 3 is 2.15 bits per heavy atom. The molecular weight excluding hydrogens is 168 g/mol. The maximum absolute atomic E-state index is 8.96. The third-order valence-electron chi connectivity index (χ3n) is 1.78. The molecule has 0 fully saturated rings. The van der Waals surface area contributed by atoms with E-state index in [9.17, 15) is 0 Å². The second-order valence-corrected chi connectivity index (χ2v) is 3.18. The molecule has 1 aromatic carbocycles. The minimum absolute atomic E-state index is 0.210. The van der Waals surface area contributed by atoms with Crippen LogP contribution in [0.4, 0.5) is 0 Å². The van der Waals surface area contributed by atoms with Gasteiger partial charge in [-0.3, -0.25) is 0 Å². The smallest absolute Gasteiger partial charge is 0.152 e. The summed E-state index contributed by atoms with van der Waals surface area (Å²) < 4.78 is 5.40. The van der Waals surface area contributed by atoms with E-state index in [-0.39, 0.29) is 13.2 Å². The van der Waals surface area contributed by atoms with Crippen molar-refractivity contribution >= 4 is 0 Å². The molecule has 0 saturated carbocycles. The zero-order chi connectivity index (χ0) is 9.73. The Labute approximate surface area is 77.6 Å². The molecule has 0 aromatic heterocycles. The fourth-order valence-electron chi connectivity index (χ4n) is 0.888. The molecule has 0 heterocycles. The summed E-state index contributed by atoms with van der Waals surface area (Å²) in [5.74, 6) is 0.646. The molecule has 0 spiro atoms. The van der Waals surface area contributed by atoms with Crippen LogP contribution in [0.15, 0.2) is 30.3 Å². The first-order valence-electron chi connectivity index (χ1n) is 4.16. The Bertz CT molecular complexity index is 242. The highest BCUT2D eigenvalue weighted by Gasteiger charge is 2.24. The van der Waals surface area contributed by atoms with Crippen LogP contribution in [0.1, 0.15) is 6.92 Å². The molecule has 0 aliphatic carbocycles. The lowest BCUT2D eigenvalue weighted by molar-refractivity contribution is -0.0194. The van der Waals surface area contributed by atoms with Gasteiger partial charge in [0.05, 0.1) is 13.2 Å². The molecule has 1 rings (SSSR count). The topological polar surface area (TPSA) is 49.7 Å². The fraction of sp³-hybridized carbons (Fsp3) is 0.400. The predicted octanol–water partition coefficient (Wildman–Crippen LogP) is 0.809. The van der Waals surface area contributed by atoms with Crippen LogP contribution in [-0.2, 0) is 0 Å². The number of para-hydroxylation sites is 1. The van der Waals surface area contributed by atoms with Crippen LogP contribution in [-0.4, -0.2) is 29.0 Å². The average molecular weight is 182 g/mol. The Kier molecular flexibility index (Phi) is 3.28. The SMILES string of the molecule is CC(CO)(CO)Oc1ccccc1. The van der Waals surface area contributed by atoms with Crippen LogP contribution in [0.5, 0.6) is 5.75 Å². The second kappa shape index (κ2) is 4.25. The van der Waals surface area contributed by atoms with Gasteiger partial charge in [0.15, 0.2) is 5.60 Å². The summed E-state index contributed by atoms with van der Waals surface area (Å²) in [6, 6.07) is 9.12. The van der Waals surface area contributed by atoms with Gasteiger partial charge in [0, 0.05) is 0 Å². The van der Waals surface area contributed by atoms with Crippen molar-refractivity contribution in [2.24, 2.45) is 0 Å². The van der Waals surface area contributed by atoms with Gasteiger partial charge in [0.25, 0.3) is 0 Å². The normalized spacial score (nSPS) is 11.3. The quantitative estimate of drug-likeness (QED) is 0.724. The third kappa shape index (κ3) is 2.72. The Hall–Kier alpha value is -1.06. The molecule has 0 atom stereocenters. The molecule has 3 heteroatoms. The summed E-state index contributed by atoms with van der Waals surface area (Å²) in [7, 11) is 0. The number of hydrogen-bond donors (Lipinski definition) is 2. The lowest BCUT2D eigenvalue weighted by Gasteiger charge is -2.26. The summed E-state index contributed by atoms with van der Waals surface area (Å²) in [4.78, 5) is 0. The number of aliphatic hydroxyl groups excluding tert-OH is 2. The standard InChI is InChI=1S/C10H14O3/c1-10(7-11,8-12)13-9-5-3-2-4-6-9/h2-6,11-12H,7-8H2,1H3. The summed E-state index contributed by atoms with van der Waals surface area (Å²) in [6.45, 7) is 1.23. The maximum atomic E-state index is 8.96. The van der Waals surface area contributed by atoms with Crippen molar-refractivity contribution in [1.82, 2.24) is 0 Å². The summed E-state index contributed by atoms with van der Waals surface area (Å²) in [5, 5.41) is 17.9. The van der Waals surface area contributed by atoms with Crippen molar-refractivity contribution in [2.45, 2.75) is 12.5 Å². The molecule has 3 nitrogen and oxygen atoms in total. The van der Waals surface area contributed by atoms with Crippen LogP contribution in [0.3, 0.4) is 0 Å². The zero-order valence-corrected chi connectivity index (χ0v) is 7.60. The van der Waals surface area contributed by atoms with Crippen molar-refractivity contribution in [1.29, 1.82) is 0 Å². The van der Waals surface area contributed by atoms with Gasteiger partial charge >= 0.3 is 0 Å². The molecule has 0 aliphatic rings. The number of benzene rings is 1.